The SMILES string of the molecule is O=C(O)CCCC=CC[C@H]1[C@@H](C=CC(O)CCc2ccccc2)[C@@H]2O[C@H]1[C@@H]1O[C@@H]12. The summed E-state index contributed by atoms with van der Waals surface area (Å²) >= 11 is 0. The molecule has 4 rings (SSSR count). The topological polar surface area (TPSA) is 79.3 Å². The number of ether oxygens (including phenoxy) is 2. The normalized spacial score (nSPS) is 33.4. The van der Waals surface area contributed by atoms with Crippen LogP contribution in [0.1, 0.15) is 37.7 Å². The zero-order chi connectivity index (χ0) is 20.2. The number of unbranched alkanes of at least 4 members (excludes halogenated alkanes) is 1. The first-order valence-corrected chi connectivity index (χ1v) is 10.7. The molecule has 3 heterocycles. The van der Waals surface area contributed by atoms with E-state index in [2.05, 4.69) is 30.4 Å². The van der Waals surface area contributed by atoms with E-state index in [4.69, 9.17) is 14.6 Å². The van der Waals surface area contributed by atoms with Crippen molar-refractivity contribution in [2.45, 2.75) is 69.0 Å². The molecule has 0 aliphatic carbocycles. The Kier molecular flexibility index (Phi) is 6.48. The molecule has 5 nitrogen and oxygen atoms in total. The van der Waals surface area contributed by atoms with Crippen LogP contribution in [0.15, 0.2) is 54.6 Å². The molecule has 0 saturated carbocycles. The third kappa shape index (κ3) is 4.97. The number of carboxylic acids is 1. The number of carboxylic acid groups (broad SMARTS) is 1. The van der Waals surface area contributed by atoms with Crippen LogP contribution in [0, 0.1) is 11.8 Å². The lowest BCUT2D eigenvalue weighted by molar-refractivity contribution is -0.137. The van der Waals surface area contributed by atoms with Crippen LogP contribution >= 0.6 is 0 Å². The highest BCUT2D eigenvalue weighted by atomic mass is 16.7. The van der Waals surface area contributed by atoms with Gasteiger partial charge in [0.15, 0.2) is 0 Å². The Labute approximate surface area is 172 Å². The molecule has 1 unspecified atom stereocenters. The van der Waals surface area contributed by atoms with E-state index in [-0.39, 0.29) is 36.8 Å². The first kappa shape index (κ1) is 20.3. The summed E-state index contributed by atoms with van der Waals surface area (Å²) in [4.78, 5) is 10.6. The number of fused-ring (bicyclic) bond motifs is 5. The van der Waals surface area contributed by atoms with Crippen LogP contribution in [-0.4, -0.2) is 46.7 Å². The Morgan fingerprint density at radius 2 is 1.83 bits per heavy atom. The van der Waals surface area contributed by atoms with Gasteiger partial charge in [-0.05, 0) is 37.7 Å². The van der Waals surface area contributed by atoms with Gasteiger partial charge in [-0.3, -0.25) is 4.79 Å². The fourth-order valence-electron chi connectivity index (χ4n) is 4.72. The minimum Gasteiger partial charge on any atom is -0.481 e. The molecule has 2 bridgehead atoms. The molecule has 1 aromatic rings. The number of aliphatic hydroxyl groups is 1. The van der Waals surface area contributed by atoms with E-state index >= 15 is 0 Å². The third-order valence-electron chi connectivity index (χ3n) is 6.28. The largest absolute Gasteiger partial charge is 0.481 e. The van der Waals surface area contributed by atoms with Crippen LogP contribution in [0.4, 0.5) is 0 Å². The average Bonchev–Trinajstić information content (AvgIpc) is 3.35. The number of epoxide rings is 1. The standard InChI is InChI=1S/C24H30O5/c25-17(13-12-16-8-4-3-5-9-16)14-15-19-18(10-6-1-2-7-11-20(26)27)21-23-24(29-23)22(19)28-21/h1,3-6,8-9,14-15,17-19,21-25H,2,7,10-13H2,(H,26,27)/t17?,18-,19+,21+,22-,23-,24+/m0/s1. The lowest BCUT2D eigenvalue weighted by atomic mass is 9.77. The molecule has 0 spiro atoms. The van der Waals surface area contributed by atoms with E-state index in [1.54, 1.807) is 0 Å². The lowest BCUT2D eigenvalue weighted by Gasteiger charge is -2.22. The molecule has 29 heavy (non-hydrogen) atoms. The summed E-state index contributed by atoms with van der Waals surface area (Å²) < 4.78 is 11.9. The number of hydrogen-bond acceptors (Lipinski definition) is 4. The van der Waals surface area contributed by atoms with Crippen molar-refractivity contribution in [2.24, 2.45) is 11.8 Å². The Hall–Kier alpha value is -1.95. The van der Waals surface area contributed by atoms with E-state index in [1.165, 1.54) is 5.56 Å². The molecule has 2 N–H and O–H groups in total. The van der Waals surface area contributed by atoms with E-state index in [1.807, 2.05) is 24.3 Å². The van der Waals surface area contributed by atoms with E-state index < -0.39 is 12.1 Å². The van der Waals surface area contributed by atoms with Crippen molar-refractivity contribution in [1.82, 2.24) is 0 Å². The van der Waals surface area contributed by atoms with Gasteiger partial charge in [-0.1, -0.05) is 54.6 Å². The molecular weight excluding hydrogens is 368 g/mol. The zero-order valence-electron chi connectivity index (χ0n) is 16.6. The monoisotopic (exact) mass is 398 g/mol. The minimum absolute atomic E-state index is 0.105. The molecule has 0 aromatic heterocycles. The molecule has 7 atom stereocenters. The molecule has 0 radical (unpaired) electrons. The van der Waals surface area contributed by atoms with Gasteiger partial charge in [0, 0.05) is 18.3 Å². The van der Waals surface area contributed by atoms with Crippen molar-refractivity contribution < 1.29 is 24.5 Å². The molecule has 5 heteroatoms. The van der Waals surface area contributed by atoms with Gasteiger partial charge in [-0.2, -0.15) is 0 Å². The highest BCUT2D eigenvalue weighted by molar-refractivity contribution is 5.66. The molecule has 3 fully saturated rings. The van der Waals surface area contributed by atoms with Crippen molar-refractivity contribution >= 4 is 5.97 Å². The second-order valence-corrected chi connectivity index (χ2v) is 8.34. The quantitative estimate of drug-likeness (QED) is 0.339. The molecule has 3 saturated heterocycles. The minimum atomic E-state index is -0.743. The molecule has 1 aromatic carbocycles. The molecule has 3 aliphatic heterocycles. The Bertz CT molecular complexity index is 743. The highest BCUT2D eigenvalue weighted by Crippen LogP contribution is 2.55. The van der Waals surface area contributed by atoms with Gasteiger partial charge < -0.3 is 19.7 Å². The van der Waals surface area contributed by atoms with Gasteiger partial charge in [0.25, 0.3) is 0 Å². The van der Waals surface area contributed by atoms with E-state index in [0.29, 0.717) is 18.8 Å². The maximum atomic E-state index is 10.6. The maximum Gasteiger partial charge on any atom is 0.303 e. The van der Waals surface area contributed by atoms with Gasteiger partial charge in [0.2, 0.25) is 0 Å². The number of hydrogen-bond donors (Lipinski definition) is 2. The number of aryl methyl sites for hydroxylation is 1. The van der Waals surface area contributed by atoms with Crippen LogP contribution in [0.5, 0.6) is 0 Å². The van der Waals surface area contributed by atoms with E-state index in [9.17, 15) is 9.90 Å². The van der Waals surface area contributed by atoms with Gasteiger partial charge >= 0.3 is 5.97 Å². The van der Waals surface area contributed by atoms with Gasteiger partial charge in [-0.15, -0.1) is 0 Å². The second-order valence-electron chi connectivity index (χ2n) is 8.34. The second kappa shape index (κ2) is 9.24. The molecular formula is C24H30O5. The summed E-state index contributed by atoms with van der Waals surface area (Å²) in [5.74, 6) is -0.122. The smallest absolute Gasteiger partial charge is 0.303 e. The average molecular weight is 398 g/mol. The maximum absolute atomic E-state index is 10.6. The van der Waals surface area contributed by atoms with Crippen molar-refractivity contribution in [3.05, 3.63) is 60.2 Å². The van der Waals surface area contributed by atoms with Crippen molar-refractivity contribution in [1.29, 1.82) is 0 Å². The number of rotatable bonds is 11. The third-order valence-corrected chi connectivity index (χ3v) is 6.28. The fourth-order valence-corrected chi connectivity index (χ4v) is 4.72. The zero-order valence-corrected chi connectivity index (χ0v) is 16.6. The van der Waals surface area contributed by atoms with Crippen LogP contribution in [0.3, 0.4) is 0 Å². The van der Waals surface area contributed by atoms with Crippen molar-refractivity contribution in [3.63, 3.8) is 0 Å². The summed E-state index contributed by atoms with van der Waals surface area (Å²) in [5.41, 5.74) is 1.24. The fraction of sp³-hybridized carbons (Fsp3) is 0.542. The molecule has 156 valence electrons. The van der Waals surface area contributed by atoms with Gasteiger partial charge in [0.1, 0.15) is 12.2 Å². The molecule has 3 aliphatic rings. The summed E-state index contributed by atoms with van der Waals surface area (Å²) in [5, 5.41) is 19.1. The lowest BCUT2D eigenvalue weighted by Crippen LogP contribution is -2.31. The summed E-state index contributed by atoms with van der Waals surface area (Å²) in [6, 6.07) is 10.2. The first-order chi connectivity index (χ1) is 14.1. The predicted molar refractivity (Wildman–Crippen MR) is 109 cm³/mol. The number of aliphatic hydroxyl groups excluding tert-OH is 1. The highest BCUT2D eigenvalue weighted by Gasteiger charge is 2.68. The Morgan fingerprint density at radius 3 is 2.62 bits per heavy atom. The summed E-state index contributed by atoms with van der Waals surface area (Å²) in [6.07, 6.45) is 12.7. The number of benzene rings is 1. The van der Waals surface area contributed by atoms with Crippen molar-refractivity contribution in [3.8, 4) is 0 Å². The number of carbonyl (C=O) groups is 1. The van der Waals surface area contributed by atoms with Crippen LogP contribution in [0.25, 0.3) is 0 Å². The Balaban J connectivity index is 1.28. The first-order valence-electron chi connectivity index (χ1n) is 10.7. The number of aliphatic carboxylic acids is 1. The van der Waals surface area contributed by atoms with Gasteiger partial charge in [-0.25, -0.2) is 0 Å². The van der Waals surface area contributed by atoms with Crippen LogP contribution in [-0.2, 0) is 20.7 Å². The van der Waals surface area contributed by atoms with Gasteiger partial charge in [0.05, 0.1) is 18.3 Å². The summed E-state index contributed by atoms with van der Waals surface area (Å²) in [7, 11) is 0. The Morgan fingerprint density at radius 1 is 1.07 bits per heavy atom. The molecule has 0 amide bonds. The van der Waals surface area contributed by atoms with Crippen LogP contribution in [0.2, 0.25) is 0 Å². The summed E-state index contributed by atoms with van der Waals surface area (Å²) in [6.45, 7) is 0. The number of allylic oxidation sites excluding steroid dienone is 2. The van der Waals surface area contributed by atoms with Crippen molar-refractivity contribution in [2.75, 3.05) is 0 Å². The van der Waals surface area contributed by atoms with Crippen LogP contribution < -0.4 is 0 Å². The predicted octanol–water partition coefficient (Wildman–Crippen LogP) is 3.52. The van der Waals surface area contributed by atoms with E-state index in [0.717, 1.165) is 19.3 Å².